The molecule has 1 aromatic rings. The summed E-state index contributed by atoms with van der Waals surface area (Å²) in [4.78, 5) is 18.0. The van der Waals surface area contributed by atoms with Gasteiger partial charge in [0.1, 0.15) is 5.56 Å². The molecule has 0 aliphatic carbocycles. The largest absolute Gasteiger partial charge is 0.478 e. The van der Waals surface area contributed by atoms with E-state index in [0.717, 1.165) is 24.3 Å². The molecule has 4 nitrogen and oxygen atoms in total. The number of aromatic carboxylic acids is 1. The lowest BCUT2D eigenvalue weighted by Crippen LogP contribution is -2.42. The van der Waals surface area contributed by atoms with Gasteiger partial charge in [-0.15, -0.1) is 0 Å². The minimum absolute atomic E-state index is 0.353. The zero-order valence-electron chi connectivity index (χ0n) is 12.1. The molecule has 0 saturated carbocycles. The Morgan fingerprint density at radius 2 is 2.05 bits per heavy atom. The van der Waals surface area contributed by atoms with Crippen LogP contribution in [0.3, 0.4) is 0 Å². The van der Waals surface area contributed by atoms with Crippen LogP contribution in [0.25, 0.3) is 0 Å². The van der Waals surface area contributed by atoms with Crippen LogP contribution in [-0.2, 0) is 0 Å². The zero-order valence-corrected chi connectivity index (χ0v) is 12.1. The van der Waals surface area contributed by atoms with Crippen LogP contribution in [0.5, 0.6) is 0 Å². The maximum atomic E-state index is 11.5. The molecule has 1 aliphatic heterocycles. The van der Waals surface area contributed by atoms with Crippen LogP contribution in [-0.4, -0.2) is 28.6 Å². The third-order valence-corrected chi connectivity index (χ3v) is 3.95. The van der Waals surface area contributed by atoms with E-state index in [2.05, 4.69) is 23.7 Å². The summed E-state index contributed by atoms with van der Waals surface area (Å²) < 4.78 is 0. The number of nitrogens with zero attached hydrogens (tertiary/aromatic N) is 2. The van der Waals surface area contributed by atoms with Crippen molar-refractivity contribution in [3.8, 4) is 0 Å². The molecule has 1 aliphatic rings. The van der Waals surface area contributed by atoms with Crippen LogP contribution in [0.4, 0.5) is 5.69 Å². The number of hydrogen-bond donors (Lipinski definition) is 1. The Bertz CT molecular complexity index is 499. The van der Waals surface area contributed by atoms with Crippen molar-refractivity contribution in [2.75, 3.05) is 11.4 Å². The van der Waals surface area contributed by atoms with Gasteiger partial charge in [-0.3, -0.25) is 4.98 Å². The van der Waals surface area contributed by atoms with Crippen molar-refractivity contribution in [3.63, 3.8) is 0 Å². The third-order valence-electron chi connectivity index (χ3n) is 3.95. The Morgan fingerprint density at radius 1 is 1.37 bits per heavy atom. The first kappa shape index (κ1) is 13.8. The molecule has 0 amide bonds. The lowest BCUT2D eigenvalue weighted by atomic mass is 9.93. The highest BCUT2D eigenvalue weighted by Gasteiger charge is 2.27. The summed E-state index contributed by atoms with van der Waals surface area (Å²) in [6.07, 6.45) is 2.32. The highest BCUT2D eigenvalue weighted by Crippen LogP contribution is 2.31. The molecular formula is C15H22N2O2. The summed E-state index contributed by atoms with van der Waals surface area (Å²) in [5.74, 6) is -0.281. The van der Waals surface area contributed by atoms with Gasteiger partial charge in [0, 0.05) is 18.3 Å². The first-order valence-corrected chi connectivity index (χ1v) is 6.88. The predicted octanol–water partition coefficient (Wildman–Crippen LogP) is 3.02. The quantitative estimate of drug-likeness (QED) is 0.890. The van der Waals surface area contributed by atoms with Crippen LogP contribution >= 0.6 is 0 Å². The van der Waals surface area contributed by atoms with Gasteiger partial charge >= 0.3 is 5.97 Å². The van der Waals surface area contributed by atoms with E-state index in [0.29, 0.717) is 23.2 Å². The molecule has 1 saturated heterocycles. The molecule has 2 heterocycles. The second-order valence-corrected chi connectivity index (χ2v) is 5.73. The number of rotatable bonds is 2. The van der Waals surface area contributed by atoms with Crippen molar-refractivity contribution in [1.29, 1.82) is 0 Å². The normalized spacial score (nSPS) is 23.5. The van der Waals surface area contributed by atoms with Crippen LogP contribution in [0.15, 0.2) is 6.07 Å². The van der Waals surface area contributed by atoms with Gasteiger partial charge in [0.25, 0.3) is 0 Å². The Kier molecular flexibility index (Phi) is 3.78. The minimum atomic E-state index is -0.884. The fraction of sp³-hybridized carbons (Fsp3) is 0.600. The van der Waals surface area contributed by atoms with Gasteiger partial charge in [-0.05, 0) is 45.6 Å². The Hall–Kier alpha value is -1.58. The molecular weight excluding hydrogens is 240 g/mol. The van der Waals surface area contributed by atoms with Gasteiger partial charge in [0.15, 0.2) is 0 Å². The summed E-state index contributed by atoms with van der Waals surface area (Å²) in [5, 5.41) is 9.45. The monoisotopic (exact) mass is 262 g/mol. The van der Waals surface area contributed by atoms with E-state index in [1.165, 1.54) is 6.42 Å². The molecule has 0 spiro atoms. The van der Waals surface area contributed by atoms with Crippen molar-refractivity contribution in [2.24, 2.45) is 5.92 Å². The average molecular weight is 262 g/mol. The van der Waals surface area contributed by atoms with Gasteiger partial charge in [-0.1, -0.05) is 6.92 Å². The molecule has 104 valence electrons. The number of carbonyl (C=O) groups is 1. The number of aromatic nitrogens is 1. The number of pyridine rings is 1. The van der Waals surface area contributed by atoms with Crippen molar-refractivity contribution in [1.82, 2.24) is 4.98 Å². The fourth-order valence-electron chi connectivity index (χ4n) is 2.92. The highest BCUT2D eigenvalue weighted by molar-refractivity contribution is 5.95. The van der Waals surface area contributed by atoms with E-state index in [1.807, 2.05) is 13.0 Å². The Labute approximate surface area is 114 Å². The van der Waals surface area contributed by atoms with E-state index >= 15 is 0 Å². The number of carboxylic acids is 1. The Morgan fingerprint density at radius 3 is 2.68 bits per heavy atom. The van der Waals surface area contributed by atoms with Crippen molar-refractivity contribution in [2.45, 2.75) is 46.6 Å². The van der Waals surface area contributed by atoms with Crippen LogP contribution in [0, 0.1) is 19.8 Å². The van der Waals surface area contributed by atoms with Crippen molar-refractivity contribution in [3.05, 3.63) is 23.0 Å². The molecule has 0 aromatic carbocycles. The minimum Gasteiger partial charge on any atom is -0.478 e. The topological polar surface area (TPSA) is 53.4 Å². The summed E-state index contributed by atoms with van der Waals surface area (Å²) >= 11 is 0. The molecule has 2 atom stereocenters. The lowest BCUT2D eigenvalue weighted by Gasteiger charge is -2.39. The van der Waals surface area contributed by atoms with E-state index in [9.17, 15) is 9.90 Å². The second kappa shape index (κ2) is 5.19. The number of aryl methyl sites for hydroxylation is 2. The van der Waals surface area contributed by atoms with Crippen LogP contribution in [0.1, 0.15) is 48.4 Å². The molecule has 1 N–H and O–H groups in total. The second-order valence-electron chi connectivity index (χ2n) is 5.73. The average Bonchev–Trinajstić information content (AvgIpc) is 2.30. The maximum absolute atomic E-state index is 11.5. The predicted molar refractivity (Wildman–Crippen MR) is 75.9 cm³/mol. The molecule has 1 fully saturated rings. The molecule has 19 heavy (non-hydrogen) atoms. The van der Waals surface area contributed by atoms with Gasteiger partial charge in [-0.25, -0.2) is 4.79 Å². The summed E-state index contributed by atoms with van der Waals surface area (Å²) in [5.41, 5.74) is 2.67. The first-order chi connectivity index (χ1) is 8.90. The smallest absolute Gasteiger partial charge is 0.339 e. The number of piperidine rings is 1. The van der Waals surface area contributed by atoms with Crippen molar-refractivity contribution < 1.29 is 9.90 Å². The molecule has 1 aromatic heterocycles. The summed E-state index contributed by atoms with van der Waals surface area (Å²) in [6, 6.07) is 2.29. The molecule has 4 heteroatoms. The van der Waals surface area contributed by atoms with Crippen molar-refractivity contribution >= 4 is 11.7 Å². The SMILES string of the molecule is Cc1cc(N2CC(C)CCC2C)c(C(=O)O)c(C)n1. The number of carboxylic acid groups (broad SMARTS) is 1. The molecule has 2 rings (SSSR count). The van der Waals surface area contributed by atoms with E-state index in [-0.39, 0.29) is 0 Å². The van der Waals surface area contributed by atoms with Crippen LogP contribution in [0.2, 0.25) is 0 Å². The fourth-order valence-corrected chi connectivity index (χ4v) is 2.92. The molecule has 2 unspecified atom stereocenters. The molecule has 0 bridgehead atoms. The third kappa shape index (κ3) is 2.72. The molecule has 0 radical (unpaired) electrons. The lowest BCUT2D eigenvalue weighted by molar-refractivity contribution is 0.0696. The standard InChI is InChI=1S/C15H22N2O2/c1-9-5-6-11(3)17(8-9)13-7-10(2)16-12(4)14(13)15(18)19/h7,9,11H,5-6,8H2,1-4H3,(H,18,19). The van der Waals surface area contributed by atoms with Gasteiger partial charge < -0.3 is 10.0 Å². The highest BCUT2D eigenvalue weighted by atomic mass is 16.4. The first-order valence-electron chi connectivity index (χ1n) is 6.88. The summed E-state index contributed by atoms with van der Waals surface area (Å²) in [7, 11) is 0. The number of hydrogen-bond acceptors (Lipinski definition) is 3. The zero-order chi connectivity index (χ0) is 14.2. The van der Waals surface area contributed by atoms with E-state index < -0.39 is 5.97 Å². The summed E-state index contributed by atoms with van der Waals surface area (Å²) in [6.45, 7) is 9.01. The number of anilines is 1. The maximum Gasteiger partial charge on any atom is 0.339 e. The van der Waals surface area contributed by atoms with E-state index in [1.54, 1.807) is 6.92 Å². The Balaban J connectivity index is 2.50. The van der Waals surface area contributed by atoms with Gasteiger partial charge in [0.2, 0.25) is 0 Å². The van der Waals surface area contributed by atoms with Gasteiger partial charge in [-0.2, -0.15) is 0 Å². The van der Waals surface area contributed by atoms with Gasteiger partial charge in [0.05, 0.1) is 11.4 Å². The van der Waals surface area contributed by atoms with Crippen LogP contribution < -0.4 is 4.90 Å². The van der Waals surface area contributed by atoms with E-state index in [4.69, 9.17) is 0 Å².